The first kappa shape index (κ1) is 29.1. The molecule has 0 unspecified atom stereocenters. The van der Waals surface area contributed by atoms with Crippen molar-refractivity contribution in [2.75, 3.05) is 44.7 Å². The molecule has 0 radical (unpaired) electrons. The molecule has 0 spiro atoms. The SMILES string of the molecule is Cc1cc(Nc2nn(C3(CC#N)CCN(C(=O)OC(C)(C)C)CC3)c3cc[nH]c(=O)c23)ccc1C(=O)N1CCOCC1. The summed E-state index contributed by atoms with van der Waals surface area (Å²) in [6, 6.07) is 9.52. The number of nitrogens with one attached hydrogen (secondary N) is 2. The number of hydrogen-bond acceptors (Lipinski definition) is 8. The normalized spacial score (nSPS) is 17.1. The van der Waals surface area contributed by atoms with Gasteiger partial charge in [0.05, 0.1) is 36.8 Å². The Morgan fingerprint density at radius 3 is 2.50 bits per heavy atom. The Hall–Kier alpha value is -4.37. The van der Waals surface area contributed by atoms with Crippen LogP contribution in [-0.4, -0.2) is 81.6 Å². The Bertz CT molecular complexity index is 1580. The van der Waals surface area contributed by atoms with Crippen LogP contribution in [0.25, 0.3) is 10.9 Å². The molecule has 42 heavy (non-hydrogen) atoms. The summed E-state index contributed by atoms with van der Waals surface area (Å²) < 4.78 is 12.7. The number of anilines is 2. The first-order chi connectivity index (χ1) is 20.0. The topological polar surface area (TPSA) is 146 Å². The number of nitrogens with zero attached hydrogens (tertiary/aromatic N) is 5. The third kappa shape index (κ3) is 5.83. The lowest BCUT2D eigenvalue weighted by molar-refractivity contribution is 0.0110. The molecule has 2 amide bonds. The zero-order valence-electron chi connectivity index (χ0n) is 24.5. The Morgan fingerprint density at radius 1 is 1.14 bits per heavy atom. The Kier molecular flexibility index (Phi) is 7.97. The lowest BCUT2D eigenvalue weighted by atomic mass is 9.85. The van der Waals surface area contributed by atoms with Gasteiger partial charge in [-0.15, -0.1) is 0 Å². The van der Waals surface area contributed by atoms with Crippen LogP contribution >= 0.6 is 0 Å². The van der Waals surface area contributed by atoms with Gasteiger partial charge in [0.2, 0.25) is 0 Å². The number of piperidine rings is 1. The van der Waals surface area contributed by atoms with Crippen LogP contribution in [0.5, 0.6) is 0 Å². The molecule has 222 valence electrons. The number of carbonyl (C=O) groups excluding carboxylic acids is 2. The number of morpholine rings is 1. The van der Waals surface area contributed by atoms with E-state index >= 15 is 0 Å². The molecular formula is C30H37N7O5. The number of ether oxygens (including phenoxy) is 2. The molecule has 2 saturated heterocycles. The van der Waals surface area contributed by atoms with Crippen LogP contribution < -0.4 is 10.9 Å². The number of fused-ring (bicyclic) bond motifs is 1. The first-order valence-corrected chi connectivity index (χ1v) is 14.2. The van der Waals surface area contributed by atoms with Crippen molar-refractivity contribution < 1.29 is 19.1 Å². The van der Waals surface area contributed by atoms with Gasteiger partial charge in [-0.1, -0.05) is 0 Å². The summed E-state index contributed by atoms with van der Waals surface area (Å²) in [4.78, 5) is 45.0. The highest BCUT2D eigenvalue weighted by Crippen LogP contribution is 2.38. The number of aryl methyl sites for hydroxylation is 1. The van der Waals surface area contributed by atoms with Gasteiger partial charge >= 0.3 is 6.09 Å². The highest BCUT2D eigenvalue weighted by molar-refractivity contribution is 5.96. The van der Waals surface area contributed by atoms with Gasteiger partial charge in [0.1, 0.15) is 11.0 Å². The zero-order valence-corrected chi connectivity index (χ0v) is 24.5. The minimum Gasteiger partial charge on any atom is -0.444 e. The van der Waals surface area contributed by atoms with Crippen molar-refractivity contribution in [1.29, 1.82) is 5.26 Å². The van der Waals surface area contributed by atoms with Crippen molar-refractivity contribution in [1.82, 2.24) is 24.6 Å². The molecule has 0 saturated carbocycles. The second-order valence-electron chi connectivity index (χ2n) is 11.9. The van der Waals surface area contributed by atoms with E-state index in [2.05, 4.69) is 16.4 Å². The molecule has 2 N–H and O–H groups in total. The summed E-state index contributed by atoms with van der Waals surface area (Å²) in [7, 11) is 0. The lowest BCUT2D eigenvalue weighted by Gasteiger charge is -2.41. The van der Waals surface area contributed by atoms with Crippen molar-refractivity contribution in [2.24, 2.45) is 0 Å². The summed E-state index contributed by atoms with van der Waals surface area (Å²) in [5, 5.41) is 18.3. The van der Waals surface area contributed by atoms with Gasteiger partial charge in [0, 0.05) is 43.6 Å². The standard InChI is InChI=1S/C30H37N7O5/c1-20-19-21(5-6-22(20)27(39)35-15-17-41-18-16-35)33-25-24-23(7-12-32-26(24)38)37(34-25)30(8-11-31)9-13-36(14-10-30)28(40)42-29(2,3)4/h5-7,12,19H,8-10,13-18H2,1-4H3,(H,32,38)(H,33,34). The van der Waals surface area contributed by atoms with Crippen molar-refractivity contribution in [3.05, 3.63) is 51.9 Å². The summed E-state index contributed by atoms with van der Waals surface area (Å²) in [6.07, 6.45) is 2.29. The van der Waals surface area contributed by atoms with Crippen LogP contribution in [0.1, 0.15) is 56.0 Å². The third-order valence-corrected chi connectivity index (χ3v) is 7.82. The molecule has 4 heterocycles. The number of hydrogen-bond donors (Lipinski definition) is 2. The number of aromatic amines is 1. The third-order valence-electron chi connectivity index (χ3n) is 7.82. The molecule has 5 rings (SSSR count). The van der Waals surface area contributed by atoms with E-state index in [0.29, 0.717) is 80.2 Å². The number of carbonyl (C=O) groups is 2. The number of likely N-dealkylation sites (tertiary alicyclic amines) is 1. The second kappa shape index (κ2) is 11.5. The number of nitriles is 1. The van der Waals surface area contributed by atoms with Crippen molar-refractivity contribution in [3.8, 4) is 6.07 Å². The molecular weight excluding hydrogens is 538 g/mol. The molecule has 0 bridgehead atoms. The average molecular weight is 576 g/mol. The molecule has 2 fully saturated rings. The van der Waals surface area contributed by atoms with Crippen molar-refractivity contribution in [2.45, 2.75) is 58.1 Å². The van der Waals surface area contributed by atoms with Crippen LogP contribution in [0.15, 0.2) is 35.3 Å². The number of amides is 2. The van der Waals surface area contributed by atoms with Gasteiger partial charge in [-0.05, 0) is 70.4 Å². The van der Waals surface area contributed by atoms with Crippen LogP contribution in [0.3, 0.4) is 0 Å². The minimum absolute atomic E-state index is 0.0373. The molecule has 12 heteroatoms. The predicted molar refractivity (Wildman–Crippen MR) is 157 cm³/mol. The largest absolute Gasteiger partial charge is 0.444 e. The van der Waals surface area contributed by atoms with E-state index in [-0.39, 0.29) is 24.0 Å². The van der Waals surface area contributed by atoms with Crippen molar-refractivity contribution >= 4 is 34.4 Å². The highest BCUT2D eigenvalue weighted by atomic mass is 16.6. The Labute approximate surface area is 244 Å². The fraction of sp³-hybridized carbons (Fsp3) is 0.500. The number of rotatable bonds is 5. The summed E-state index contributed by atoms with van der Waals surface area (Å²) in [6.45, 7) is 10.3. The number of H-pyrrole nitrogens is 1. The fourth-order valence-electron chi connectivity index (χ4n) is 5.62. The molecule has 2 aliphatic heterocycles. The van der Waals surface area contributed by atoms with Gasteiger partial charge in [-0.2, -0.15) is 10.4 Å². The molecule has 1 aromatic carbocycles. The molecule has 2 aromatic heterocycles. The Balaban J connectivity index is 1.44. The maximum Gasteiger partial charge on any atom is 0.410 e. The smallest absolute Gasteiger partial charge is 0.410 e. The molecule has 2 aliphatic rings. The summed E-state index contributed by atoms with van der Waals surface area (Å²) >= 11 is 0. The first-order valence-electron chi connectivity index (χ1n) is 14.2. The number of benzene rings is 1. The van der Waals surface area contributed by atoms with Gasteiger partial charge < -0.3 is 29.6 Å². The second-order valence-corrected chi connectivity index (χ2v) is 11.9. The number of aromatic nitrogens is 3. The Morgan fingerprint density at radius 2 is 1.86 bits per heavy atom. The maximum absolute atomic E-state index is 13.1. The predicted octanol–water partition coefficient (Wildman–Crippen LogP) is 3.89. The van der Waals surface area contributed by atoms with Crippen LogP contribution in [0.2, 0.25) is 0 Å². The molecule has 0 aliphatic carbocycles. The van der Waals surface area contributed by atoms with Crippen LogP contribution in [-0.2, 0) is 15.0 Å². The van der Waals surface area contributed by atoms with E-state index in [1.807, 2.05) is 33.8 Å². The maximum atomic E-state index is 13.1. The quantitative estimate of drug-likeness (QED) is 0.466. The summed E-state index contributed by atoms with van der Waals surface area (Å²) in [5.41, 5.74) is 1.04. The van der Waals surface area contributed by atoms with Gasteiger partial charge in [0.25, 0.3) is 11.5 Å². The average Bonchev–Trinajstić information content (AvgIpc) is 3.33. The molecule has 3 aromatic rings. The minimum atomic E-state index is -0.719. The highest BCUT2D eigenvalue weighted by Gasteiger charge is 2.41. The van der Waals surface area contributed by atoms with E-state index in [1.165, 1.54) is 0 Å². The van der Waals surface area contributed by atoms with E-state index < -0.39 is 11.1 Å². The van der Waals surface area contributed by atoms with E-state index in [0.717, 1.165) is 5.56 Å². The van der Waals surface area contributed by atoms with Gasteiger partial charge in [0.15, 0.2) is 5.82 Å². The monoisotopic (exact) mass is 575 g/mol. The molecule has 12 nitrogen and oxygen atoms in total. The van der Waals surface area contributed by atoms with Crippen LogP contribution in [0.4, 0.5) is 16.3 Å². The zero-order chi connectivity index (χ0) is 30.1. The summed E-state index contributed by atoms with van der Waals surface area (Å²) in [5.74, 6) is 0.315. The van der Waals surface area contributed by atoms with E-state index in [1.54, 1.807) is 38.9 Å². The fourth-order valence-corrected chi connectivity index (χ4v) is 5.62. The van der Waals surface area contributed by atoms with Crippen molar-refractivity contribution in [3.63, 3.8) is 0 Å². The molecule has 0 atom stereocenters. The van der Waals surface area contributed by atoms with Gasteiger partial charge in [-0.3, -0.25) is 14.3 Å². The van der Waals surface area contributed by atoms with Gasteiger partial charge in [-0.25, -0.2) is 4.79 Å². The number of pyridine rings is 1. The van der Waals surface area contributed by atoms with E-state index in [4.69, 9.17) is 14.6 Å². The van der Waals surface area contributed by atoms with E-state index in [9.17, 15) is 19.6 Å². The lowest BCUT2D eigenvalue weighted by Crippen LogP contribution is -2.49. The van der Waals surface area contributed by atoms with Crippen LogP contribution in [0, 0.1) is 18.3 Å².